The molecule has 0 aliphatic rings. The number of hydrogen-bond acceptors (Lipinski definition) is 2. The van der Waals surface area contributed by atoms with Crippen LogP contribution in [0.2, 0.25) is 0 Å². The van der Waals surface area contributed by atoms with E-state index in [2.05, 4.69) is 16.0 Å². The van der Waals surface area contributed by atoms with E-state index in [0.29, 0.717) is 17.9 Å². The van der Waals surface area contributed by atoms with Crippen LogP contribution in [0.25, 0.3) is 0 Å². The van der Waals surface area contributed by atoms with Gasteiger partial charge < -0.3 is 4.98 Å². The lowest BCUT2D eigenvalue weighted by Crippen LogP contribution is -1.95. The van der Waals surface area contributed by atoms with Crippen molar-refractivity contribution in [1.29, 1.82) is 5.26 Å². The highest BCUT2D eigenvalue weighted by Gasteiger charge is 2.07. The molecule has 0 atom stereocenters. The van der Waals surface area contributed by atoms with E-state index < -0.39 is 0 Å². The van der Waals surface area contributed by atoms with E-state index in [1.807, 2.05) is 24.3 Å². The topological polar surface area (TPSA) is 52.5 Å². The van der Waals surface area contributed by atoms with Crippen LogP contribution in [-0.2, 0) is 12.3 Å². The van der Waals surface area contributed by atoms with Gasteiger partial charge in [-0.05, 0) is 11.6 Å². The number of hydrogen-bond donors (Lipinski definition) is 1. The number of imidazole rings is 1. The Morgan fingerprint density at radius 2 is 2.12 bits per heavy atom. The summed E-state index contributed by atoms with van der Waals surface area (Å²) < 4.78 is 0. The van der Waals surface area contributed by atoms with Gasteiger partial charge in [-0.3, -0.25) is 0 Å². The van der Waals surface area contributed by atoms with Gasteiger partial charge >= 0.3 is 0 Å². The zero-order valence-electron chi connectivity index (χ0n) is 8.98. The van der Waals surface area contributed by atoms with Crippen LogP contribution in [0, 0.1) is 11.3 Å². The van der Waals surface area contributed by atoms with Crippen LogP contribution in [0.15, 0.2) is 30.6 Å². The van der Waals surface area contributed by atoms with E-state index in [9.17, 15) is 0 Å². The first-order valence-electron chi connectivity index (χ1n) is 4.90. The van der Waals surface area contributed by atoms with Gasteiger partial charge in [0, 0.05) is 12.1 Å². The molecule has 88 valence electrons. The Hall–Kier alpha value is -1.50. The van der Waals surface area contributed by atoms with Gasteiger partial charge in [-0.25, -0.2) is 4.98 Å². The van der Waals surface area contributed by atoms with Gasteiger partial charge in [0.1, 0.15) is 0 Å². The molecule has 1 heterocycles. The summed E-state index contributed by atoms with van der Waals surface area (Å²) in [5.74, 6) is 0.382. The first-order valence-corrected chi connectivity index (χ1v) is 5.43. The molecule has 2 rings (SSSR count). The molecule has 1 N–H and O–H groups in total. The van der Waals surface area contributed by atoms with Crippen molar-refractivity contribution < 1.29 is 0 Å². The molecule has 17 heavy (non-hydrogen) atoms. The molecular weight excluding hydrogens is 257 g/mol. The summed E-state index contributed by atoms with van der Waals surface area (Å²) >= 11 is 5.77. The maximum Gasteiger partial charge on any atom is 0.0994 e. The molecule has 2 aromatic rings. The fraction of sp³-hybridized carbons (Fsp3) is 0.167. The largest absolute Gasteiger partial charge is 0.348 e. The number of nitrogens with one attached hydrogen (secondary N) is 1. The number of benzene rings is 1. The average molecular weight is 268 g/mol. The lowest BCUT2D eigenvalue weighted by molar-refractivity contribution is 1.06. The lowest BCUT2D eigenvalue weighted by atomic mass is 10.0. The molecule has 0 fully saturated rings. The van der Waals surface area contributed by atoms with Crippen molar-refractivity contribution in [2.24, 2.45) is 0 Å². The van der Waals surface area contributed by atoms with Crippen LogP contribution >= 0.6 is 24.0 Å². The number of halogens is 2. The normalized spacial score (nSPS) is 9.41. The van der Waals surface area contributed by atoms with Gasteiger partial charge in [0.15, 0.2) is 0 Å². The predicted octanol–water partition coefficient (Wildman–Crippen LogP) is 3.03. The number of alkyl halides is 1. The Morgan fingerprint density at radius 1 is 1.35 bits per heavy atom. The zero-order valence-corrected chi connectivity index (χ0v) is 10.6. The summed E-state index contributed by atoms with van der Waals surface area (Å²) in [5, 5.41) is 8.97. The van der Waals surface area contributed by atoms with Crippen LogP contribution in [0.4, 0.5) is 0 Å². The minimum atomic E-state index is 0. The van der Waals surface area contributed by atoms with E-state index in [0.717, 1.165) is 17.0 Å². The molecule has 0 saturated heterocycles. The van der Waals surface area contributed by atoms with Crippen LogP contribution in [0.3, 0.4) is 0 Å². The Bertz CT molecular complexity index is 529. The van der Waals surface area contributed by atoms with Crippen molar-refractivity contribution in [3.05, 3.63) is 53.1 Å². The molecule has 1 aromatic carbocycles. The maximum atomic E-state index is 8.97. The van der Waals surface area contributed by atoms with E-state index in [-0.39, 0.29) is 12.4 Å². The first-order chi connectivity index (χ1) is 7.85. The molecule has 5 heteroatoms. The second-order valence-corrected chi connectivity index (χ2v) is 3.67. The summed E-state index contributed by atoms with van der Waals surface area (Å²) in [7, 11) is 0. The third kappa shape index (κ3) is 3.00. The fourth-order valence-electron chi connectivity index (χ4n) is 1.59. The van der Waals surface area contributed by atoms with E-state index in [1.165, 1.54) is 0 Å². The predicted molar refractivity (Wildman–Crippen MR) is 69.4 cm³/mol. The van der Waals surface area contributed by atoms with Gasteiger partial charge in [0.05, 0.1) is 29.5 Å². The molecule has 0 saturated carbocycles. The van der Waals surface area contributed by atoms with Crippen molar-refractivity contribution in [1.82, 2.24) is 9.97 Å². The fourth-order valence-corrected chi connectivity index (χ4v) is 1.82. The molecule has 0 bridgehead atoms. The molecule has 3 nitrogen and oxygen atoms in total. The summed E-state index contributed by atoms with van der Waals surface area (Å²) in [6.45, 7) is 0. The van der Waals surface area contributed by atoms with Crippen LogP contribution in [-0.4, -0.2) is 9.97 Å². The number of rotatable bonds is 3. The third-order valence-corrected chi connectivity index (χ3v) is 2.69. The van der Waals surface area contributed by atoms with Crippen molar-refractivity contribution in [2.75, 3.05) is 0 Å². The van der Waals surface area contributed by atoms with Gasteiger partial charge in [0.25, 0.3) is 0 Å². The van der Waals surface area contributed by atoms with Crippen molar-refractivity contribution >= 4 is 24.0 Å². The van der Waals surface area contributed by atoms with Crippen LogP contribution < -0.4 is 0 Å². The number of nitrogens with zero attached hydrogens (tertiary/aromatic N) is 2. The highest BCUT2D eigenvalue weighted by atomic mass is 35.5. The lowest BCUT2D eigenvalue weighted by Gasteiger charge is -2.03. The minimum Gasteiger partial charge on any atom is -0.348 e. The summed E-state index contributed by atoms with van der Waals surface area (Å²) in [6.07, 6.45) is 2.29. The van der Waals surface area contributed by atoms with Gasteiger partial charge in [-0.15, -0.1) is 24.0 Å². The molecular formula is C12H11Cl2N3. The van der Waals surface area contributed by atoms with E-state index in [1.54, 1.807) is 6.33 Å². The highest BCUT2D eigenvalue weighted by molar-refractivity contribution is 6.16. The Morgan fingerprint density at radius 3 is 2.82 bits per heavy atom. The number of H-pyrrole nitrogens is 1. The molecule has 1 aromatic heterocycles. The second kappa shape index (κ2) is 6.29. The van der Waals surface area contributed by atoms with Crippen molar-refractivity contribution in [3.63, 3.8) is 0 Å². The standard InChI is InChI=1S/C12H10ClN3.ClH/c13-6-12-11(15-8-16-12)5-9-3-1-2-4-10(9)7-14;/h1-4,8H,5-6H2,(H,15,16);1H. The molecule has 0 unspecified atom stereocenters. The molecule has 0 amide bonds. The van der Waals surface area contributed by atoms with Crippen molar-refractivity contribution in [2.45, 2.75) is 12.3 Å². The number of aromatic nitrogens is 2. The third-order valence-electron chi connectivity index (χ3n) is 2.44. The van der Waals surface area contributed by atoms with E-state index in [4.69, 9.17) is 16.9 Å². The minimum absolute atomic E-state index is 0. The number of nitriles is 1. The molecule has 0 aliphatic heterocycles. The van der Waals surface area contributed by atoms with Gasteiger partial charge in [-0.1, -0.05) is 18.2 Å². The monoisotopic (exact) mass is 267 g/mol. The average Bonchev–Trinajstić information content (AvgIpc) is 2.77. The Labute approximate surface area is 111 Å². The van der Waals surface area contributed by atoms with Crippen molar-refractivity contribution in [3.8, 4) is 6.07 Å². The first kappa shape index (κ1) is 13.6. The van der Waals surface area contributed by atoms with Crippen LogP contribution in [0.5, 0.6) is 0 Å². The maximum absolute atomic E-state index is 8.97. The number of aromatic amines is 1. The second-order valence-electron chi connectivity index (χ2n) is 3.41. The Balaban J connectivity index is 0.00000144. The Kier molecular flexibility index (Phi) is 5.02. The van der Waals surface area contributed by atoms with Crippen LogP contribution in [0.1, 0.15) is 22.5 Å². The molecule has 0 radical (unpaired) electrons. The van der Waals surface area contributed by atoms with E-state index >= 15 is 0 Å². The summed E-state index contributed by atoms with van der Waals surface area (Å²) in [5.41, 5.74) is 3.49. The summed E-state index contributed by atoms with van der Waals surface area (Å²) in [6, 6.07) is 9.71. The smallest absolute Gasteiger partial charge is 0.0994 e. The van der Waals surface area contributed by atoms with Gasteiger partial charge in [-0.2, -0.15) is 5.26 Å². The molecule has 0 spiro atoms. The zero-order chi connectivity index (χ0) is 11.4. The van der Waals surface area contributed by atoms with Gasteiger partial charge in [0.2, 0.25) is 0 Å². The quantitative estimate of drug-likeness (QED) is 0.870. The highest BCUT2D eigenvalue weighted by Crippen LogP contribution is 2.15. The molecule has 0 aliphatic carbocycles. The SMILES string of the molecule is Cl.N#Cc1ccccc1Cc1[nH]cnc1CCl. The summed E-state index contributed by atoms with van der Waals surface area (Å²) in [4.78, 5) is 7.17.